The summed E-state index contributed by atoms with van der Waals surface area (Å²) in [5.41, 5.74) is 1.03. The van der Waals surface area contributed by atoms with Gasteiger partial charge < -0.3 is 15.0 Å². The number of alkyl halides is 3. The molecule has 1 aromatic rings. The van der Waals surface area contributed by atoms with Gasteiger partial charge in [0.25, 0.3) is 0 Å². The second kappa shape index (κ2) is 7.74. The van der Waals surface area contributed by atoms with E-state index in [1.807, 2.05) is 34.5 Å². The molecule has 0 radical (unpaired) electrons. The highest BCUT2D eigenvalue weighted by Crippen LogP contribution is 2.22. The summed E-state index contributed by atoms with van der Waals surface area (Å²) in [5, 5.41) is 1.94. The van der Waals surface area contributed by atoms with E-state index in [4.69, 9.17) is 4.74 Å². The fraction of sp³-hybridized carbons (Fsp3) is 0.562. The summed E-state index contributed by atoms with van der Waals surface area (Å²) in [5.74, 6) is 0.178. The molecule has 1 heterocycles. The number of carbonyl (C=O) groups is 1. The number of piperazine rings is 1. The average molecular weight is 345 g/mol. The lowest BCUT2D eigenvalue weighted by atomic mass is 10.2. The summed E-state index contributed by atoms with van der Waals surface area (Å²) in [6, 6.07) is 7.12. The molecule has 5 nitrogen and oxygen atoms in total. The molecule has 0 spiro atoms. The maximum atomic E-state index is 12.2. The van der Waals surface area contributed by atoms with Gasteiger partial charge in [-0.25, -0.2) is 0 Å². The Morgan fingerprint density at radius 2 is 1.96 bits per heavy atom. The van der Waals surface area contributed by atoms with Crippen molar-refractivity contribution in [3.8, 4) is 5.75 Å². The van der Waals surface area contributed by atoms with Crippen molar-refractivity contribution in [2.75, 3.05) is 44.7 Å². The van der Waals surface area contributed by atoms with Gasteiger partial charge in [0.15, 0.2) is 0 Å². The average Bonchev–Trinajstić information content (AvgIpc) is 2.58. The number of hydrogen-bond acceptors (Lipinski definition) is 4. The smallest absolute Gasteiger partial charge is 0.405 e. The van der Waals surface area contributed by atoms with Crippen LogP contribution < -0.4 is 15.0 Å². The van der Waals surface area contributed by atoms with Gasteiger partial charge >= 0.3 is 6.18 Å². The van der Waals surface area contributed by atoms with Crippen LogP contribution in [0.25, 0.3) is 0 Å². The number of methoxy groups -OCH3 is 1. The molecular formula is C16H22F3N3O2. The third kappa shape index (κ3) is 5.02. The lowest BCUT2D eigenvalue weighted by Crippen LogP contribution is -2.54. The highest BCUT2D eigenvalue weighted by Gasteiger charge is 2.31. The first-order chi connectivity index (χ1) is 11.3. The van der Waals surface area contributed by atoms with E-state index in [1.165, 1.54) is 0 Å². The van der Waals surface area contributed by atoms with Crippen molar-refractivity contribution >= 4 is 11.6 Å². The first-order valence-electron chi connectivity index (χ1n) is 7.77. The summed E-state index contributed by atoms with van der Waals surface area (Å²) < 4.78 is 41.7. The van der Waals surface area contributed by atoms with Crippen LogP contribution in [0.5, 0.6) is 5.75 Å². The first-order valence-corrected chi connectivity index (χ1v) is 7.77. The third-order valence-corrected chi connectivity index (χ3v) is 4.12. The van der Waals surface area contributed by atoms with Crippen molar-refractivity contribution in [1.82, 2.24) is 10.2 Å². The van der Waals surface area contributed by atoms with E-state index in [-0.39, 0.29) is 0 Å². The van der Waals surface area contributed by atoms with Gasteiger partial charge in [-0.15, -0.1) is 0 Å². The Kier molecular flexibility index (Phi) is 5.93. The zero-order chi connectivity index (χ0) is 17.7. The Bertz CT molecular complexity index is 558. The summed E-state index contributed by atoms with van der Waals surface area (Å²) in [4.78, 5) is 15.9. The minimum atomic E-state index is -4.39. The highest BCUT2D eigenvalue weighted by molar-refractivity contribution is 5.81. The maximum absolute atomic E-state index is 12.2. The number of nitrogens with zero attached hydrogens (tertiary/aromatic N) is 2. The first kappa shape index (κ1) is 18.4. The minimum Gasteiger partial charge on any atom is -0.497 e. The van der Waals surface area contributed by atoms with Crippen LogP contribution in [0.4, 0.5) is 18.9 Å². The second-order valence-corrected chi connectivity index (χ2v) is 5.73. The van der Waals surface area contributed by atoms with Crippen molar-refractivity contribution < 1.29 is 22.7 Å². The molecule has 134 valence electrons. The number of ether oxygens (including phenoxy) is 1. The fourth-order valence-electron chi connectivity index (χ4n) is 2.68. The zero-order valence-electron chi connectivity index (χ0n) is 13.8. The topological polar surface area (TPSA) is 44.8 Å². The van der Waals surface area contributed by atoms with Crippen molar-refractivity contribution in [2.24, 2.45) is 0 Å². The largest absolute Gasteiger partial charge is 0.497 e. The van der Waals surface area contributed by atoms with E-state index < -0.39 is 24.7 Å². The molecule has 1 saturated heterocycles. The van der Waals surface area contributed by atoms with Crippen LogP contribution in [0.3, 0.4) is 0 Å². The Morgan fingerprint density at radius 1 is 1.29 bits per heavy atom. The molecular weight excluding hydrogens is 323 g/mol. The molecule has 1 aliphatic rings. The lowest BCUT2D eigenvalue weighted by molar-refractivity contribution is -0.141. The van der Waals surface area contributed by atoms with Gasteiger partial charge in [0.1, 0.15) is 12.3 Å². The van der Waals surface area contributed by atoms with Crippen LogP contribution in [-0.4, -0.2) is 62.9 Å². The monoisotopic (exact) mass is 345 g/mol. The van der Waals surface area contributed by atoms with Crippen LogP contribution >= 0.6 is 0 Å². The Hall–Kier alpha value is -1.96. The second-order valence-electron chi connectivity index (χ2n) is 5.73. The van der Waals surface area contributed by atoms with Gasteiger partial charge in [-0.3, -0.25) is 9.69 Å². The number of rotatable bonds is 5. The molecule has 0 bridgehead atoms. The van der Waals surface area contributed by atoms with Crippen LogP contribution in [0, 0.1) is 0 Å². The normalized spacial score (nSPS) is 17.5. The molecule has 1 fully saturated rings. The number of carbonyl (C=O) groups excluding carboxylic acids is 1. The minimum absolute atomic E-state index is 0.584. The van der Waals surface area contributed by atoms with E-state index in [0.29, 0.717) is 26.2 Å². The lowest BCUT2D eigenvalue weighted by Gasteiger charge is -2.38. The zero-order valence-corrected chi connectivity index (χ0v) is 13.8. The number of amides is 1. The molecule has 1 aromatic carbocycles. The van der Waals surface area contributed by atoms with Gasteiger partial charge in [0.2, 0.25) is 5.91 Å². The molecule has 2 rings (SSSR count). The fourth-order valence-corrected chi connectivity index (χ4v) is 2.68. The van der Waals surface area contributed by atoms with E-state index in [9.17, 15) is 18.0 Å². The molecule has 0 saturated carbocycles. The number of benzene rings is 1. The molecule has 1 N–H and O–H groups in total. The van der Waals surface area contributed by atoms with E-state index in [0.717, 1.165) is 11.4 Å². The summed E-state index contributed by atoms with van der Waals surface area (Å²) >= 11 is 0. The van der Waals surface area contributed by atoms with Crippen molar-refractivity contribution in [2.45, 2.75) is 19.1 Å². The quantitative estimate of drug-likeness (QED) is 0.885. The maximum Gasteiger partial charge on any atom is 0.405 e. The van der Waals surface area contributed by atoms with Crippen molar-refractivity contribution in [1.29, 1.82) is 0 Å². The molecule has 0 aromatic heterocycles. The predicted molar refractivity (Wildman–Crippen MR) is 85.3 cm³/mol. The summed E-state index contributed by atoms with van der Waals surface area (Å²) in [7, 11) is 1.61. The van der Waals surface area contributed by atoms with Crippen molar-refractivity contribution in [3.63, 3.8) is 0 Å². The van der Waals surface area contributed by atoms with Crippen LogP contribution in [0.1, 0.15) is 6.92 Å². The summed E-state index contributed by atoms with van der Waals surface area (Å²) in [6.07, 6.45) is -4.39. The van der Waals surface area contributed by atoms with Gasteiger partial charge in [-0.1, -0.05) is 6.07 Å². The van der Waals surface area contributed by atoms with Gasteiger partial charge in [0, 0.05) is 37.9 Å². The molecule has 1 aliphatic heterocycles. The molecule has 1 atom stereocenters. The standard InChI is InChI=1S/C16H22F3N3O2/c1-12(15(23)20-11-16(17,18)19)21-6-8-22(9-7-21)13-4-3-5-14(10-13)24-2/h3-5,10,12H,6-9,11H2,1-2H3,(H,20,23)/t12-/m1/s1. The number of nitrogens with one attached hydrogen (secondary N) is 1. The predicted octanol–water partition coefficient (Wildman–Crippen LogP) is 1.88. The summed E-state index contributed by atoms with van der Waals surface area (Å²) in [6.45, 7) is 2.95. The molecule has 8 heteroatoms. The van der Waals surface area contributed by atoms with Crippen LogP contribution in [0.15, 0.2) is 24.3 Å². The van der Waals surface area contributed by atoms with Crippen LogP contribution in [-0.2, 0) is 4.79 Å². The third-order valence-electron chi connectivity index (χ3n) is 4.12. The van der Waals surface area contributed by atoms with Gasteiger partial charge in [0.05, 0.1) is 13.2 Å². The van der Waals surface area contributed by atoms with Gasteiger partial charge in [-0.05, 0) is 19.1 Å². The Balaban J connectivity index is 1.86. The van der Waals surface area contributed by atoms with E-state index >= 15 is 0 Å². The van der Waals surface area contributed by atoms with Crippen LogP contribution in [0.2, 0.25) is 0 Å². The Morgan fingerprint density at radius 3 is 2.54 bits per heavy atom. The molecule has 1 amide bonds. The van der Waals surface area contributed by atoms with Gasteiger partial charge in [-0.2, -0.15) is 13.2 Å². The molecule has 24 heavy (non-hydrogen) atoms. The highest BCUT2D eigenvalue weighted by atomic mass is 19.4. The Labute approximate surface area is 139 Å². The van der Waals surface area contributed by atoms with E-state index in [2.05, 4.69) is 4.90 Å². The van der Waals surface area contributed by atoms with E-state index in [1.54, 1.807) is 14.0 Å². The number of halogens is 3. The van der Waals surface area contributed by atoms with Crippen molar-refractivity contribution in [3.05, 3.63) is 24.3 Å². The number of anilines is 1. The molecule has 0 unspecified atom stereocenters. The molecule has 0 aliphatic carbocycles. The number of hydrogen-bond donors (Lipinski definition) is 1. The SMILES string of the molecule is COc1cccc(N2CCN([C@H](C)C(=O)NCC(F)(F)F)CC2)c1.